The normalized spacial score (nSPS) is 28.8. The van der Waals surface area contributed by atoms with E-state index in [2.05, 4.69) is 5.32 Å². The van der Waals surface area contributed by atoms with Crippen LogP contribution in [0.4, 0.5) is 4.79 Å². The monoisotopic (exact) mass is 477 g/mol. The summed E-state index contributed by atoms with van der Waals surface area (Å²) in [6, 6.07) is 10.2. The number of fused-ring (bicyclic) bond motifs is 3. The van der Waals surface area contributed by atoms with Crippen molar-refractivity contribution in [2.24, 2.45) is 0 Å². The lowest BCUT2D eigenvalue weighted by Gasteiger charge is -2.39. The number of urea groups is 1. The highest BCUT2D eigenvalue weighted by atomic mass is 35.5. The summed E-state index contributed by atoms with van der Waals surface area (Å²) in [7, 11) is -3.74. The van der Waals surface area contributed by atoms with Gasteiger partial charge in [-0.1, -0.05) is 35.9 Å². The summed E-state index contributed by atoms with van der Waals surface area (Å²) in [5, 5.41) is 14.9. The lowest BCUT2D eigenvalue weighted by molar-refractivity contribution is 0.0528. The van der Waals surface area contributed by atoms with Gasteiger partial charge >= 0.3 is 6.03 Å². The molecular weight excluding hydrogens is 450 g/mol. The van der Waals surface area contributed by atoms with Crippen LogP contribution in [-0.2, 0) is 10.0 Å². The number of halogens is 1. The number of aliphatic hydroxyl groups excluding tert-OH is 1. The summed E-state index contributed by atoms with van der Waals surface area (Å²) in [6.45, 7) is 0.670. The third-order valence-electron chi connectivity index (χ3n) is 7.10. The molecule has 9 heteroatoms. The van der Waals surface area contributed by atoms with Crippen LogP contribution in [0.25, 0.3) is 10.8 Å². The van der Waals surface area contributed by atoms with E-state index in [9.17, 15) is 18.3 Å². The molecule has 7 nitrogen and oxygen atoms in total. The maximum atomic E-state index is 13.5. The molecule has 0 saturated carbocycles. The van der Waals surface area contributed by atoms with E-state index in [0.717, 1.165) is 19.3 Å². The fourth-order valence-corrected chi connectivity index (χ4v) is 7.55. The van der Waals surface area contributed by atoms with Crippen molar-refractivity contribution in [3.8, 4) is 0 Å². The number of sulfonamides is 1. The van der Waals surface area contributed by atoms with Gasteiger partial charge < -0.3 is 15.3 Å². The predicted molar refractivity (Wildman–Crippen MR) is 123 cm³/mol. The fourth-order valence-electron chi connectivity index (χ4n) is 5.61. The summed E-state index contributed by atoms with van der Waals surface area (Å²) < 4.78 is 28.5. The van der Waals surface area contributed by atoms with Gasteiger partial charge in [0.2, 0.25) is 10.0 Å². The topological polar surface area (TPSA) is 90.0 Å². The molecule has 2 aromatic rings. The average molecular weight is 478 g/mol. The molecule has 3 aliphatic rings. The van der Waals surface area contributed by atoms with Crippen LogP contribution >= 0.6 is 11.6 Å². The molecule has 2 bridgehead atoms. The molecule has 2 N–H and O–H groups in total. The molecule has 0 radical (unpaired) electrons. The number of nitrogens with one attached hydrogen (secondary N) is 1. The van der Waals surface area contributed by atoms with Gasteiger partial charge in [0.05, 0.1) is 11.0 Å². The number of hydrogen-bond acceptors (Lipinski definition) is 4. The van der Waals surface area contributed by atoms with Crippen molar-refractivity contribution in [3.05, 3.63) is 41.4 Å². The van der Waals surface area contributed by atoms with Gasteiger partial charge in [-0.2, -0.15) is 4.31 Å². The second-order valence-corrected chi connectivity index (χ2v) is 11.5. The van der Waals surface area contributed by atoms with Gasteiger partial charge in [-0.15, -0.1) is 0 Å². The van der Waals surface area contributed by atoms with Crippen molar-refractivity contribution in [3.63, 3.8) is 0 Å². The van der Waals surface area contributed by atoms with Crippen LogP contribution in [0.5, 0.6) is 0 Å². The largest absolute Gasteiger partial charge is 0.393 e. The van der Waals surface area contributed by atoms with E-state index in [1.165, 1.54) is 4.31 Å². The molecule has 0 spiro atoms. The zero-order chi connectivity index (χ0) is 22.5. The molecule has 5 rings (SSSR count). The van der Waals surface area contributed by atoms with E-state index in [1.807, 2.05) is 17.0 Å². The van der Waals surface area contributed by atoms with Crippen LogP contribution in [0.2, 0.25) is 5.02 Å². The maximum absolute atomic E-state index is 13.5. The SMILES string of the molecule is O=C(NC1CCCN(S(=O)(=O)c2ccc(Cl)c3ccccc23)C1)N1C2CCC1CC(O)C2. The second kappa shape index (κ2) is 8.48. The quantitative estimate of drug-likeness (QED) is 0.709. The highest BCUT2D eigenvalue weighted by Crippen LogP contribution is 2.36. The molecule has 0 aromatic heterocycles. The van der Waals surface area contributed by atoms with Crippen molar-refractivity contribution in [2.45, 2.75) is 67.6 Å². The van der Waals surface area contributed by atoms with Crippen LogP contribution in [0.1, 0.15) is 38.5 Å². The minimum absolute atomic E-state index is 0.0765. The standard InChI is InChI=1S/C23H28ClN3O4S/c24-21-9-10-22(20-6-2-1-5-19(20)21)32(30,31)26-11-3-4-15(14-26)25-23(29)27-16-7-8-17(27)13-18(28)12-16/h1-2,5-6,9-10,15-18,28H,3-4,7-8,11-14H2,(H,25,29). The number of benzene rings is 2. The number of rotatable bonds is 3. The van der Waals surface area contributed by atoms with Gasteiger partial charge in [0.25, 0.3) is 0 Å². The zero-order valence-corrected chi connectivity index (χ0v) is 19.4. The first-order valence-corrected chi connectivity index (χ1v) is 13.1. The number of nitrogens with zero attached hydrogens (tertiary/aromatic N) is 2. The Morgan fingerprint density at radius 1 is 1.03 bits per heavy atom. The number of carbonyl (C=O) groups is 1. The molecular formula is C23H28ClN3O4S. The summed E-state index contributed by atoms with van der Waals surface area (Å²) in [5.41, 5.74) is 0. The second-order valence-electron chi connectivity index (χ2n) is 9.16. The Kier molecular flexibility index (Phi) is 5.82. The van der Waals surface area contributed by atoms with Crippen molar-refractivity contribution in [1.29, 1.82) is 0 Å². The van der Waals surface area contributed by atoms with Crippen LogP contribution in [0, 0.1) is 0 Å². The van der Waals surface area contributed by atoms with Gasteiger partial charge in [0.1, 0.15) is 0 Å². The fraction of sp³-hybridized carbons (Fsp3) is 0.522. The number of aliphatic hydroxyl groups is 1. The summed E-state index contributed by atoms with van der Waals surface area (Å²) >= 11 is 6.28. The minimum atomic E-state index is -3.74. The highest BCUT2D eigenvalue weighted by molar-refractivity contribution is 7.89. The van der Waals surface area contributed by atoms with E-state index >= 15 is 0 Å². The van der Waals surface area contributed by atoms with Gasteiger partial charge in [-0.3, -0.25) is 0 Å². The molecule has 3 atom stereocenters. The van der Waals surface area contributed by atoms with Gasteiger partial charge in [-0.05, 0) is 50.7 Å². The Morgan fingerprint density at radius 2 is 1.72 bits per heavy atom. The summed E-state index contributed by atoms with van der Waals surface area (Å²) in [5.74, 6) is 0. The van der Waals surface area contributed by atoms with Crippen LogP contribution in [0.15, 0.2) is 41.3 Å². The molecule has 3 unspecified atom stereocenters. The summed E-state index contributed by atoms with van der Waals surface area (Å²) in [6.07, 6.45) is 4.18. The molecule has 3 saturated heterocycles. The Bertz CT molecular complexity index is 1130. The van der Waals surface area contributed by atoms with E-state index < -0.39 is 10.0 Å². The first kappa shape index (κ1) is 21.9. The molecule has 0 aliphatic carbocycles. The Balaban J connectivity index is 1.33. The number of amides is 2. The van der Waals surface area contributed by atoms with Crippen molar-refractivity contribution >= 4 is 38.4 Å². The number of carbonyl (C=O) groups excluding carboxylic acids is 1. The third kappa shape index (κ3) is 3.87. The molecule has 3 fully saturated rings. The van der Waals surface area contributed by atoms with E-state index in [-0.39, 0.29) is 41.7 Å². The van der Waals surface area contributed by atoms with Gasteiger partial charge in [0.15, 0.2) is 0 Å². The molecule has 2 aromatic carbocycles. The van der Waals surface area contributed by atoms with E-state index in [1.54, 1.807) is 24.3 Å². The first-order chi connectivity index (χ1) is 15.3. The van der Waals surface area contributed by atoms with E-state index in [4.69, 9.17) is 11.6 Å². The maximum Gasteiger partial charge on any atom is 0.318 e. The van der Waals surface area contributed by atoms with E-state index in [0.29, 0.717) is 41.6 Å². The third-order valence-corrected chi connectivity index (χ3v) is 9.36. The molecule has 2 amide bonds. The van der Waals surface area contributed by atoms with Gasteiger partial charge in [-0.25, -0.2) is 13.2 Å². The van der Waals surface area contributed by atoms with Crippen molar-refractivity contribution in [2.75, 3.05) is 13.1 Å². The molecule has 3 heterocycles. The minimum Gasteiger partial charge on any atom is -0.393 e. The number of hydrogen-bond donors (Lipinski definition) is 2. The molecule has 3 aliphatic heterocycles. The Morgan fingerprint density at radius 3 is 2.44 bits per heavy atom. The lowest BCUT2D eigenvalue weighted by atomic mass is 10.0. The van der Waals surface area contributed by atoms with Crippen molar-refractivity contribution in [1.82, 2.24) is 14.5 Å². The van der Waals surface area contributed by atoms with Crippen LogP contribution in [0.3, 0.4) is 0 Å². The van der Waals surface area contributed by atoms with Gasteiger partial charge in [0, 0.05) is 47.0 Å². The van der Waals surface area contributed by atoms with Crippen LogP contribution < -0.4 is 5.32 Å². The number of piperidine rings is 2. The Hall–Kier alpha value is -1.87. The first-order valence-electron chi connectivity index (χ1n) is 11.3. The smallest absolute Gasteiger partial charge is 0.318 e. The average Bonchev–Trinajstić information content (AvgIpc) is 3.05. The zero-order valence-electron chi connectivity index (χ0n) is 17.8. The Labute approximate surface area is 193 Å². The summed E-state index contributed by atoms with van der Waals surface area (Å²) in [4.78, 5) is 15.1. The highest BCUT2D eigenvalue weighted by Gasteiger charge is 2.43. The van der Waals surface area contributed by atoms with Crippen molar-refractivity contribution < 1.29 is 18.3 Å². The van der Waals surface area contributed by atoms with Crippen LogP contribution in [-0.4, -0.2) is 66.1 Å². The molecule has 172 valence electrons. The predicted octanol–water partition coefficient (Wildman–Crippen LogP) is 3.34. The molecule has 32 heavy (non-hydrogen) atoms. The lowest BCUT2D eigenvalue weighted by Crippen LogP contribution is -2.57.